The molecule has 0 bridgehead atoms. The van der Waals surface area contributed by atoms with E-state index in [1.807, 2.05) is 13.8 Å². The quantitative estimate of drug-likeness (QED) is 0.548. The molecule has 0 radical (unpaired) electrons. The minimum Gasteiger partial charge on any atom is -0.486 e. The van der Waals surface area contributed by atoms with Crippen LogP contribution in [0, 0.1) is 11.8 Å². The number of anilines is 1. The number of aliphatic hydroxyl groups excluding tert-OH is 1. The molecule has 3 atom stereocenters. The van der Waals surface area contributed by atoms with Crippen molar-refractivity contribution in [3.63, 3.8) is 0 Å². The van der Waals surface area contributed by atoms with Gasteiger partial charge in [0.05, 0.1) is 28.8 Å². The van der Waals surface area contributed by atoms with E-state index < -0.39 is 10.0 Å². The molecule has 0 unspecified atom stereocenters. The standard InChI is InChI=1S/C26H35N3O5S/c1-18-14-29(19(2)17-30)26(31)22-10-7-11-23(27-35(32,33)21-8-5-4-6-9-21)25(22)34-24(18)16-28(3)15-20-12-13-20/h4-11,18-20,24,27,30H,12-17H2,1-3H3/t18-,19+,24+/m1/s1. The lowest BCUT2D eigenvalue weighted by Crippen LogP contribution is -2.50. The number of hydrogen-bond acceptors (Lipinski definition) is 6. The van der Waals surface area contributed by atoms with Crippen molar-refractivity contribution >= 4 is 21.6 Å². The van der Waals surface area contributed by atoms with Gasteiger partial charge in [-0.1, -0.05) is 31.2 Å². The first-order valence-electron chi connectivity index (χ1n) is 12.2. The third-order valence-electron chi connectivity index (χ3n) is 6.75. The zero-order valence-electron chi connectivity index (χ0n) is 20.6. The summed E-state index contributed by atoms with van der Waals surface area (Å²) >= 11 is 0. The molecule has 0 saturated heterocycles. The first-order valence-corrected chi connectivity index (χ1v) is 13.7. The SMILES string of the molecule is C[C@@H]1CN([C@@H](C)CO)C(=O)c2cccc(NS(=O)(=O)c3ccccc3)c2O[C@H]1CN(C)CC1CC1. The number of likely N-dealkylation sites (N-methyl/N-ethyl adjacent to an activating group) is 1. The van der Waals surface area contributed by atoms with Crippen LogP contribution in [0.15, 0.2) is 53.4 Å². The van der Waals surface area contributed by atoms with Gasteiger partial charge in [-0.3, -0.25) is 9.52 Å². The second-order valence-electron chi connectivity index (χ2n) is 9.89. The Morgan fingerprint density at radius 1 is 1.14 bits per heavy atom. The van der Waals surface area contributed by atoms with Crippen LogP contribution in [0.1, 0.15) is 37.0 Å². The van der Waals surface area contributed by atoms with Crippen molar-refractivity contribution in [1.82, 2.24) is 9.80 Å². The summed E-state index contributed by atoms with van der Waals surface area (Å²) in [5, 5.41) is 9.83. The summed E-state index contributed by atoms with van der Waals surface area (Å²) in [7, 11) is -1.82. The van der Waals surface area contributed by atoms with Gasteiger partial charge >= 0.3 is 0 Å². The maximum absolute atomic E-state index is 13.6. The fourth-order valence-corrected chi connectivity index (χ4v) is 5.55. The molecule has 35 heavy (non-hydrogen) atoms. The topological polar surface area (TPSA) is 99.2 Å². The van der Waals surface area contributed by atoms with E-state index >= 15 is 0 Å². The molecule has 8 nitrogen and oxygen atoms in total. The minimum atomic E-state index is -3.89. The number of ether oxygens (including phenoxy) is 1. The van der Waals surface area contributed by atoms with Crippen molar-refractivity contribution in [1.29, 1.82) is 0 Å². The average Bonchev–Trinajstić information content (AvgIpc) is 3.65. The second-order valence-corrected chi connectivity index (χ2v) is 11.6. The van der Waals surface area contributed by atoms with Gasteiger partial charge in [-0.15, -0.1) is 0 Å². The summed E-state index contributed by atoms with van der Waals surface area (Å²) in [6, 6.07) is 12.6. The van der Waals surface area contributed by atoms with E-state index in [0.717, 1.165) is 12.5 Å². The number of para-hydroxylation sites is 1. The van der Waals surface area contributed by atoms with E-state index in [0.29, 0.717) is 13.1 Å². The molecule has 2 aliphatic rings. The van der Waals surface area contributed by atoms with Crippen LogP contribution in [0.4, 0.5) is 5.69 Å². The zero-order valence-corrected chi connectivity index (χ0v) is 21.4. The fraction of sp³-hybridized carbons (Fsp3) is 0.500. The molecule has 0 spiro atoms. The third-order valence-corrected chi connectivity index (χ3v) is 8.13. The Bertz CT molecular complexity index is 1140. The number of aliphatic hydroxyl groups is 1. The number of rotatable bonds is 9. The summed E-state index contributed by atoms with van der Waals surface area (Å²) in [5.41, 5.74) is 0.501. The minimum absolute atomic E-state index is 0.0402. The average molecular weight is 502 g/mol. The van der Waals surface area contributed by atoms with Gasteiger partial charge in [-0.25, -0.2) is 8.42 Å². The van der Waals surface area contributed by atoms with E-state index in [2.05, 4.69) is 16.7 Å². The Morgan fingerprint density at radius 3 is 2.51 bits per heavy atom. The Kier molecular flexibility index (Phi) is 7.68. The lowest BCUT2D eigenvalue weighted by atomic mass is 9.99. The number of nitrogens with one attached hydrogen (secondary N) is 1. The predicted octanol–water partition coefficient (Wildman–Crippen LogP) is 3.05. The maximum atomic E-state index is 13.6. The Labute approximate surface area is 207 Å². The van der Waals surface area contributed by atoms with Gasteiger partial charge in [-0.05, 0) is 57.0 Å². The highest BCUT2D eigenvalue weighted by molar-refractivity contribution is 7.92. The lowest BCUT2D eigenvalue weighted by molar-refractivity contribution is 0.0346. The molecule has 1 heterocycles. The smallest absolute Gasteiger partial charge is 0.262 e. The number of hydrogen-bond donors (Lipinski definition) is 2. The van der Waals surface area contributed by atoms with Crippen molar-refractivity contribution in [2.45, 2.75) is 43.7 Å². The van der Waals surface area contributed by atoms with E-state index in [-0.39, 0.29) is 52.5 Å². The van der Waals surface area contributed by atoms with Gasteiger partial charge in [0.15, 0.2) is 5.75 Å². The van der Waals surface area contributed by atoms with Gasteiger partial charge in [-0.2, -0.15) is 0 Å². The summed E-state index contributed by atoms with van der Waals surface area (Å²) in [4.78, 5) is 17.6. The predicted molar refractivity (Wildman–Crippen MR) is 135 cm³/mol. The first kappa shape index (κ1) is 25.5. The number of nitrogens with zero attached hydrogens (tertiary/aromatic N) is 2. The molecule has 2 aromatic carbocycles. The molecule has 2 N–H and O–H groups in total. The van der Waals surface area contributed by atoms with Crippen molar-refractivity contribution in [2.75, 3.05) is 38.0 Å². The molecule has 190 valence electrons. The molecule has 9 heteroatoms. The lowest BCUT2D eigenvalue weighted by Gasteiger charge is -2.38. The number of carbonyl (C=O) groups is 1. The van der Waals surface area contributed by atoms with Gasteiger partial charge in [0.25, 0.3) is 15.9 Å². The Morgan fingerprint density at radius 2 is 1.86 bits per heavy atom. The van der Waals surface area contributed by atoms with Crippen LogP contribution in [0.5, 0.6) is 5.75 Å². The molecule has 1 saturated carbocycles. The van der Waals surface area contributed by atoms with Gasteiger partial charge < -0.3 is 19.6 Å². The zero-order chi connectivity index (χ0) is 25.2. The molecule has 1 aliphatic carbocycles. The Hall–Kier alpha value is -2.62. The first-order chi connectivity index (χ1) is 16.7. The molecule has 2 aromatic rings. The van der Waals surface area contributed by atoms with E-state index in [1.54, 1.807) is 41.3 Å². The highest BCUT2D eigenvalue weighted by Crippen LogP contribution is 2.36. The summed E-state index contributed by atoms with van der Waals surface area (Å²) < 4.78 is 35.3. The number of sulfonamides is 1. The van der Waals surface area contributed by atoms with Crippen LogP contribution in [0.3, 0.4) is 0 Å². The van der Waals surface area contributed by atoms with Crippen molar-refractivity contribution < 1.29 is 23.1 Å². The second kappa shape index (κ2) is 10.6. The molecular formula is C26H35N3O5S. The number of amides is 1. The highest BCUT2D eigenvalue weighted by Gasteiger charge is 2.35. The monoisotopic (exact) mass is 501 g/mol. The largest absolute Gasteiger partial charge is 0.486 e. The van der Waals surface area contributed by atoms with Crippen molar-refractivity contribution in [2.24, 2.45) is 11.8 Å². The van der Waals surface area contributed by atoms with Crippen LogP contribution in [-0.2, 0) is 10.0 Å². The summed E-state index contributed by atoms with van der Waals surface area (Å²) in [5.74, 6) is 0.612. The molecule has 1 fully saturated rings. The fourth-order valence-electron chi connectivity index (χ4n) is 4.47. The molecule has 1 aliphatic heterocycles. The summed E-state index contributed by atoms with van der Waals surface area (Å²) in [6.07, 6.45) is 2.22. The third kappa shape index (κ3) is 5.97. The highest BCUT2D eigenvalue weighted by atomic mass is 32.2. The van der Waals surface area contributed by atoms with Gasteiger partial charge in [0.1, 0.15) is 6.10 Å². The molecule has 0 aromatic heterocycles. The molecule has 1 amide bonds. The number of benzene rings is 2. The normalized spacial score (nSPS) is 21.6. The van der Waals surface area contributed by atoms with Crippen LogP contribution in [0.2, 0.25) is 0 Å². The van der Waals surface area contributed by atoms with Crippen molar-refractivity contribution in [3.8, 4) is 5.75 Å². The number of fused-ring (bicyclic) bond motifs is 1. The van der Waals surface area contributed by atoms with Crippen LogP contribution in [-0.4, -0.2) is 74.7 Å². The van der Waals surface area contributed by atoms with Crippen LogP contribution >= 0.6 is 0 Å². The Balaban J connectivity index is 1.72. The molecule has 4 rings (SSSR count). The van der Waals surface area contributed by atoms with E-state index in [9.17, 15) is 18.3 Å². The summed E-state index contributed by atoms with van der Waals surface area (Å²) in [6.45, 7) is 5.73. The van der Waals surface area contributed by atoms with Crippen LogP contribution in [0.25, 0.3) is 0 Å². The van der Waals surface area contributed by atoms with E-state index in [4.69, 9.17) is 4.74 Å². The van der Waals surface area contributed by atoms with Gasteiger partial charge in [0, 0.05) is 25.6 Å². The number of carbonyl (C=O) groups excluding carboxylic acids is 1. The van der Waals surface area contributed by atoms with Crippen molar-refractivity contribution in [3.05, 3.63) is 54.1 Å². The van der Waals surface area contributed by atoms with E-state index in [1.165, 1.54) is 25.0 Å². The van der Waals surface area contributed by atoms with Crippen LogP contribution < -0.4 is 9.46 Å². The van der Waals surface area contributed by atoms with Gasteiger partial charge in [0.2, 0.25) is 0 Å². The molecular weight excluding hydrogens is 466 g/mol. The maximum Gasteiger partial charge on any atom is 0.262 e.